The summed E-state index contributed by atoms with van der Waals surface area (Å²) in [6.07, 6.45) is 1.08. The molecular formula is C15H14ClNO. The number of nitrogens with zero attached hydrogens (tertiary/aromatic N) is 1. The monoisotopic (exact) mass is 259 g/mol. The highest BCUT2D eigenvalue weighted by Crippen LogP contribution is 2.37. The number of fused-ring (bicyclic) bond motifs is 1. The van der Waals surface area contributed by atoms with Crippen LogP contribution in [0.5, 0.6) is 5.75 Å². The predicted molar refractivity (Wildman–Crippen MR) is 75.2 cm³/mol. The fourth-order valence-corrected chi connectivity index (χ4v) is 2.68. The molecule has 1 aliphatic rings. The quantitative estimate of drug-likeness (QED) is 0.807. The van der Waals surface area contributed by atoms with Crippen molar-refractivity contribution in [2.75, 3.05) is 18.6 Å². The van der Waals surface area contributed by atoms with Crippen LogP contribution in [0.25, 0.3) is 0 Å². The number of hydrogen-bond donors (Lipinski definition) is 0. The van der Waals surface area contributed by atoms with Gasteiger partial charge in [-0.1, -0.05) is 29.8 Å². The van der Waals surface area contributed by atoms with Gasteiger partial charge in [-0.2, -0.15) is 0 Å². The van der Waals surface area contributed by atoms with Crippen LogP contribution in [0.3, 0.4) is 0 Å². The number of hydrogen-bond acceptors (Lipinski definition) is 2. The summed E-state index contributed by atoms with van der Waals surface area (Å²) in [7, 11) is 1.63. The molecule has 1 aliphatic heterocycles. The lowest BCUT2D eigenvalue weighted by Gasteiger charge is -2.20. The Morgan fingerprint density at radius 3 is 2.78 bits per heavy atom. The molecule has 0 spiro atoms. The number of halogens is 1. The first-order valence-electron chi connectivity index (χ1n) is 5.98. The fourth-order valence-electron chi connectivity index (χ4n) is 2.43. The van der Waals surface area contributed by atoms with Gasteiger partial charge in [0.2, 0.25) is 0 Å². The molecule has 2 aromatic carbocycles. The number of rotatable bonds is 2. The third-order valence-electron chi connectivity index (χ3n) is 3.33. The molecule has 3 heteroatoms. The Morgan fingerprint density at radius 1 is 1.17 bits per heavy atom. The van der Waals surface area contributed by atoms with Crippen molar-refractivity contribution in [3.8, 4) is 5.75 Å². The zero-order valence-electron chi connectivity index (χ0n) is 10.2. The molecule has 0 unspecified atom stereocenters. The third-order valence-corrected chi connectivity index (χ3v) is 3.63. The molecule has 3 rings (SSSR count). The van der Waals surface area contributed by atoms with Crippen LogP contribution in [0, 0.1) is 0 Å². The van der Waals surface area contributed by atoms with Crippen molar-refractivity contribution in [3.63, 3.8) is 0 Å². The SMILES string of the molecule is COc1ccc(N2CCc3ccccc32)cc1Cl. The minimum absolute atomic E-state index is 0.652. The largest absolute Gasteiger partial charge is 0.495 e. The number of benzene rings is 2. The van der Waals surface area contributed by atoms with Crippen molar-refractivity contribution in [2.45, 2.75) is 6.42 Å². The average molecular weight is 260 g/mol. The molecule has 18 heavy (non-hydrogen) atoms. The van der Waals surface area contributed by atoms with Gasteiger partial charge in [0.1, 0.15) is 5.75 Å². The molecule has 0 saturated heterocycles. The highest BCUT2D eigenvalue weighted by atomic mass is 35.5. The Bertz CT molecular complexity index is 582. The third kappa shape index (κ3) is 1.83. The highest BCUT2D eigenvalue weighted by Gasteiger charge is 2.20. The molecule has 1 heterocycles. The molecule has 0 atom stereocenters. The zero-order chi connectivity index (χ0) is 12.5. The van der Waals surface area contributed by atoms with Gasteiger partial charge in [-0.15, -0.1) is 0 Å². The van der Waals surface area contributed by atoms with Crippen LogP contribution in [0.1, 0.15) is 5.56 Å². The number of ether oxygens (including phenoxy) is 1. The number of para-hydroxylation sites is 1. The maximum atomic E-state index is 6.18. The molecule has 0 radical (unpaired) electrons. The van der Waals surface area contributed by atoms with E-state index in [-0.39, 0.29) is 0 Å². The molecule has 0 N–H and O–H groups in total. The van der Waals surface area contributed by atoms with Gasteiger partial charge >= 0.3 is 0 Å². The molecule has 0 aliphatic carbocycles. The van der Waals surface area contributed by atoms with E-state index >= 15 is 0 Å². The Hall–Kier alpha value is -1.67. The average Bonchev–Trinajstić information content (AvgIpc) is 2.82. The van der Waals surface area contributed by atoms with Crippen LogP contribution in [0.15, 0.2) is 42.5 Å². The van der Waals surface area contributed by atoms with E-state index in [1.54, 1.807) is 7.11 Å². The smallest absolute Gasteiger partial charge is 0.137 e. The maximum absolute atomic E-state index is 6.18. The van der Waals surface area contributed by atoms with Crippen molar-refractivity contribution in [3.05, 3.63) is 53.1 Å². The van der Waals surface area contributed by atoms with Crippen molar-refractivity contribution in [2.24, 2.45) is 0 Å². The predicted octanol–water partition coefficient (Wildman–Crippen LogP) is 4.04. The highest BCUT2D eigenvalue weighted by molar-refractivity contribution is 6.32. The number of methoxy groups -OCH3 is 1. The fraction of sp³-hybridized carbons (Fsp3) is 0.200. The van der Waals surface area contributed by atoms with Gasteiger partial charge in [0, 0.05) is 17.9 Å². The van der Waals surface area contributed by atoms with Crippen LogP contribution >= 0.6 is 11.6 Å². The molecular weight excluding hydrogens is 246 g/mol. The summed E-state index contributed by atoms with van der Waals surface area (Å²) in [5.74, 6) is 0.716. The molecule has 0 aromatic heterocycles. The molecule has 0 fully saturated rings. The van der Waals surface area contributed by atoms with Gasteiger partial charge in [0.05, 0.1) is 12.1 Å². The summed E-state index contributed by atoms with van der Waals surface area (Å²) in [5, 5.41) is 0.652. The molecule has 0 amide bonds. The van der Waals surface area contributed by atoms with Crippen molar-refractivity contribution >= 4 is 23.0 Å². The van der Waals surface area contributed by atoms with E-state index in [1.165, 1.54) is 11.3 Å². The van der Waals surface area contributed by atoms with E-state index < -0.39 is 0 Å². The second kappa shape index (κ2) is 4.54. The second-order valence-corrected chi connectivity index (χ2v) is 4.76. The van der Waals surface area contributed by atoms with Gasteiger partial charge in [0.25, 0.3) is 0 Å². The normalized spacial score (nSPS) is 13.6. The lowest BCUT2D eigenvalue weighted by atomic mass is 10.2. The molecule has 0 bridgehead atoms. The summed E-state index contributed by atoms with van der Waals surface area (Å²) in [5.41, 5.74) is 3.79. The van der Waals surface area contributed by atoms with Crippen LogP contribution in [-0.2, 0) is 6.42 Å². The topological polar surface area (TPSA) is 12.5 Å². The minimum Gasteiger partial charge on any atom is -0.495 e. The van der Waals surface area contributed by atoms with E-state index in [1.807, 2.05) is 18.2 Å². The molecule has 0 saturated carbocycles. The van der Waals surface area contributed by atoms with Gasteiger partial charge < -0.3 is 9.64 Å². The summed E-state index contributed by atoms with van der Waals surface area (Å²) >= 11 is 6.18. The Morgan fingerprint density at radius 2 is 2.00 bits per heavy atom. The van der Waals surface area contributed by atoms with Crippen molar-refractivity contribution < 1.29 is 4.74 Å². The Labute approximate surface area is 112 Å². The van der Waals surface area contributed by atoms with E-state index in [0.717, 1.165) is 18.7 Å². The summed E-state index contributed by atoms with van der Waals surface area (Å²) < 4.78 is 5.18. The Kier molecular flexibility index (Phi) is 2.88. The summed E-state index contributed by atoms with van der Waals surface area (Å²) in [6, 6.07) is 14.4. The van der Waals surface area contributed by atoms with Crippen molar-refractivity contribution in [1.82, 2.24) is 0 Å². The molecule has 2 nitrogen and oxygen atoms in total. The molecule has 92 valence electrons. The summed E-state index contributed by atoms with van der Waals surface area (Å²) in [4.78, 5) is 2.29. The van der Waals surface area contributed by atoms with Crippen LogP contribution in [-0.4, -0.2) is 13.7 Å². The van der Waals surface area contributed by atoms with Gasteiger partial charge in [-0.05, 0) is 36.2 Å². The van der Waals surface area contributed by atoms with Crippen LogP contribution < -0.4 is 9.64 Å². The van der Waals surface area contributed by atoms with Gasteiger partial charge in [0.15, 0.2) is 0 Å². The van der Waals surface area contributed by atoms with E-state index in [2.05, 4.69) is 29.2 Å². The van der Waals surface area contributed by atoms with E-state index in [0.29, 0.717) is 10.8 Å². The van der Waals surface area contributed by atoms with Crippen LogP contribution in [0.4, 0.5) is 11.4 Å². The first-order valence-corrected chi connectivity index (χ1v) is 6.36. The maximum Gasteiger partial charge on any atom is 0.137 e. The second-order valence-electron chi connectivity index (χ2n) is 4.35. The Balaban J connectivity index is 2.00. The number of anilines is 2. The first-order chi connectivity index (χ1) is 8.79. The lowest BCUT2D eigenvalue weighted by Crippen LogP contribution is -2.13. The minimum atomic E-state index is 0.652. The lowest BCUT2D eigenvalue weighted by molar-refractivity contribution is 0.415. The van der Waals surface area contributed by atoms with Crippen LogP contribution in [0.2, 0.25) is 5.02 Å². The first kappa shape index (κ1) is 11.4. The van der Waals surface area contributed by atoms with Crippen molar-refractivity contribution in [1.29, 1.82) is 0 Å². The van der Waals surface area contributed by atoms with Gasteiger partial charge in [-0.3, -0.25) is 0 Å². The summed E-state index contributed by atoms with van der Waals surface area (Å²) in [6.45, 7) is 1.00. The molecule has 2 aromatic rings. The van der Waals surface area contributed by atoms with E-state index in [9.17, 15) is 0 Å². The standard InChI is InChI=1S/C15H14ClNO/c1-18-15-7-6-12(10-13(15)16)17-9-8-11-4-2-3-5-14(11)17/h2-7,10H,8-9H2,1H3. The van der Waals surface area contributed by atoms with Gasteiger partial charge in [-0.25, -0.2) is 0 Å². The van der Waals surface area contributed by atoms with E-state index in [4.69, 9.17) is 16.3 Å². The zero-order valence-corrected chi connectivity index (χ0v) is 10.9.